The molecule has 1 aromatic rings. The molecule has 1 fully saturated rings. The van der Waals surface area contributed by atoms with Gasteiger partial charge in [0.15, 0.2) is 0 Å². The van der Waals surface area contributed by atoms with E-state index in [0.29, 0.717) is 5.75 Å². The van der Waals surface area contributed by atoms with Crippen molar-refractivity contribution in [2.45, 2.75) is 25.0 Å². The van der Waals surface area contributed by atoms with Crippen LogP contribution in [0, 0.1) is 0 Å². The number of fused-ring (bicyclic) bond motifs is 3. The lowest BCUT2D eigenvalue weighted by atomic mass is 9.82. The molecular weight excluding hydrogens is 190 g/mol. The Kier molecular flexibility index (Phi) is 1.61. The first-order valence-electron chi connectivity index (χ1n) is 5.31. The Hall–Kier alpha value is -1.22. The standard InChI is InChI=1S/C12H15NO2/c1-12-5-6-15-11(12)13(2)10-4-3-8(14)7-9(10)12/h3-4,7,11,14H,5-6H2,1-2H3/t11?,12-/m1/s1. The normalized spacial score (nSPS) is 32.9. The Balaban J connectivity index is 2.21. The van der Waals surface area contributed by atoms with E-state index in [1.807, 2.05) is 12.1 Å². The molecule has 3 nitrogen and oxygen atoms in total. The van der Waals surface area contributed by atoms with Gasteiger partial charge in [-0.3, -0.25) is 0 Å². The Morgan fingerprint density at radius 3 is 3.13 bits per heavy atom. The number of phenols is 1. The van der Waals surface area contributed by atoms with Crippen molar-refractivity contribution >= 4 is 5.69 Å². The van der Waals surface area contributed by atoms with E-state index in [2.05, 4.69) is 18.9 Å². The maximum absolute atomic E-state index is 9.56. The van der Waals surface area contributed by atoms with Crippen molar-refractivity contribution < 1.29 is 9.84 Å². The third kappa shape index (κ3) is 0.988. The van der Waals surface area contributed by atoms with Crippen molar-refractivity contribution in [3.05, 3.63) is 23.8 Å². The molecule has 80 valence electrons. The maximum atomic E-state index is 9.56. The van der Waals surface area contributed by atoms with Gasteiger partial charge in [0.2, 0.25) is 0 Å². The highest BCUT2D eigenvalue weighted by Crippen LogP contribution is 2.50. The van der Waals surface area contributed by atoms with Crippen LogP contribution in [0.15, 0.2) is 18.2 Å². The largest absolute Gasteiger partial charge is 0.508 e. The first-order valence-corrected chi connectivity index (χ1v) is 5.31. The summed E-state index contributed by atoms with van der Waals surface area (Å²) < 4.78 is 5.76. The van der Waals surface area contributed by atoms with E-state index in [4.69, 9.17) is 4.74 Å². The minimum atomic E-state index is 0.0445. The molecule has 15 heavy (non-hydrogen) atoms. The van der Waals surface area contributed by atoms with E-state index < -0.39 is 0 Å². The van der Waals surface area contributed by atoms with Gasteiger partial charge in [0.25, 0.3) is 0 Å². The van der Waals surface area contributed by atoms with Crippen molar-refractivity contribution in [2.75, 3.05) is 18.6 Å². The average Bonchev–Trinajstić information content (AvgIpc) is 2.67. The molecule has 0 radical (unpaired) electrons. The molecule has 2 aliphatic rings. The molecule has 2 atom stereocenters. The maximum Gasteiger partial charge on any atom is 0.139 e. The summed E-state index contributed by atoms with van der Waals surface area (Å²) in [6, 6.07) is 5.58. The molecule has 0 bridgehead atoms. The summed E-state index contributed by atoms with van der Waals surface area (Å²) in [5.74, 6) is 0.343. The van der Waals surface area contributed by atoms with E-state index in [9.17, 15) is 5.11 Å². The molecule has 0 amide bonds. The second-order valence-corrected chi connectivity index (χ2v) is 4.70. The van der Waals surface area contributed by atoms with E-state index >= 15 is 0 Å². The Morgan fingerprint density at radius 1 is 1.53 bits per heavy atom. The van der Waals surface area contributed by atoms with Crippen molar-refractivity contribution in [1.29, 1.82) is 0 Å². The van der Waals surface area contributed by atoms with Crippen molar-refractivity contribution in [3.8, 4) is 5.75 Å². The summed E-state index contributed by atoms with van der Waals surface area (Å²) in [5, 5.41) is 9.56. The summed E-state index contributed by atoms with van der Waals surface area (Å²) in [6.45, 7) is 3.02. The second kappa shape index (κ2) is 2.67. The minimum absolute atomic E-state index is 0.0445. The van der Waals surface area contributed by atoms with Crippen LogP contribution in [0.25, 0.3) is 0 Å². The Bertz CT molecular complexity index is 418. The number of rotatable bonds is 0. The van der Waals surface area contributed by atoms with Gasteiger partial charge in [0, 0.05) is 18.2 Å². The molecule has 3 heteroatoms. The predicted molar refractivity (Wildman–Crippen MR) is 58.2 cm³/mol. The first kappa shape index (κ1) is 9.04. The Morgan fingerprint density at radius 2 is 2.33 bits per heavy atom. The fraction of sp³-hybridized carbons (Fsp3) is 0.500. The number of ether oxygens (including phenoxy) is 1. The van der Waals surface area contributed by atoms with Gasteiger partial charge in [0.1, 0.15) is 12.0 Å². The topological polar surface area (TPSA) is 32.7 Å². The van der Waals surface area contributed by atoms with Crippen LogP contribution in [-0.4, -0.2) is 25.0 Å². The van der Waals surface area contributed by atoms with Crippen LogP contribution >= 0.6 is 0 Å². The SMILES string of the molecule is CN1c2ccc(O)cc2[C@@]2(C)CCOC12. The van der Waals surface area contributed by atoms with Gasteiger partial charge in [-0.05, 0) is 30.2 Å². The molecule has 1 aromatic carbocycles. The van der Waals surface area contributed by atoms with Gasteiger partial charge < -0.3 is 14.7 Å². The molecule has 2 heterocycles. The zero-order valence-corrected chi connectivity index (χ0v) is 9.03. The zero-order valence-electron chi connectivity index (χ0n) is 9.03. The van der Waals surface area contributed by atoms with Crippen LogP contribution in [0.5, 0.6) is 5.75 Å². The van der Waals surface area contributed by atoms with Crippen LogP contribution < -0.4 is 4.90 Å². The summed E-state index contributed by atoms with van der Waals surface area (Å²) >= 11 is 0. The third-order valence-corrected chi connectivity index (χ3v) is 3.77. The molecule has 1 saturated heterocycles. The highest BCUT2D eigenvalue weighted by molar-refractivity contribution is 5.65. The molecule has 0 aliphatic carbocycles. The fourth-order valence-corrected chi connectivity index (χ4v) is 2.91. The van der Waals surface area contributed by atoms with Gasteiger partial charge in [-0.1, -0.05) is 6.92 Å². The summed E-state index contributed by atoms with van der Waals surface area (Å²) in [5.41, 5.74) is 2.44. The smallest absolute Gasteiger partial charge is 0.139 e. The summed E-state index contributed by atoms with van der Waals surface area (Å²) in [6.07, 6.45) is 1.16. The van der Waals surface area contributed by atoms with Gasteiger partial charge in [0.05, 0.1) is 6.61 Å². The van der Waals surface area contributed by atoms with E-state index in [1.165, 1.54) is 11.3 Å². The molecule has 1 unspecified atom stereocenters. The van der Waals surface area contributed by atoms with Gasteiger partial charge in [-0.25, -0.2) is 0 Å². The predicted octanol–water partition coefficient (Wildman–Crippen LogP) is 1.85. The molecule has 2 aliphatic heterocycles. The molecular formula is C12H15NO2. The van der Waals surface area contributed by atoms with Crippen molar-refractivity contribution in [3.63, 3.8) is 0 Å². The lowest BCUT2D eigenvalue weighted by Gasteiger charge is -2.26. The average molecular weight is 205 g/mol. The number of nitrogens with zero attached hydrogens (tertiary/aromatic N) is 1. The molecule has 3 rings (SSSR count). The fourth-order valence-electron chi connectivity index (χ4n) is 2.91. The van der Waals surface area contributed by atoms with Crippen LogP contribution in [0.3, 0.4) is 0 Å². The lowest BCUT2D eigenvalue weighted by molar-refractivity contribution is 0.0920. The molecule has 1 N–H and O–H groups in total. The van der Waals surface area contributed by atoms with E-state index in [1.54, 1.807) is 6.07 Å². The van der Waals surface area contributed by atoms with Crippen LogP contribution in [0.4, 0.5) is 5.69 Å². The molecule has 0 aromatic heterocycles. The number of hydrogen-bond acceptors (Lipinski definition) is 3. The molecule has 0 saturated carbocycles. The van der Waals surface area contributed by atoms with Gasteiger partial charge in [-0.2, -0.15) is 0 Å². The van der Waals surface area contributed by atoms with Gasteiger partial charge in [-0.15, -0.1) is 0 Å². The highest BCUT2D eigenvalue weighted by Gasteiger charge is 2.50. The number of aromatic hydroxyl groups is 1. The minimum Gasteiger partial charge on any atom is -0.508 e. The van der Waals surface area contributed by atoms with E-state index in [0.717, 1.165) is 13.0 Å². The summed E-state index contributed by atoms with van der Waals surface area (Å²) in [4.78, 5) is 2.17. The number of anilines is 1. The zero-order chi connectivity index (χ0) is 10.6. The van der Waals surface area contributed by atoms with E-state index in [-0.39, 0.29) is 11.6 Å². The number of hydrogen-bond donors (Lipinski definition) is 1. The number of likely N-dealkylation sites (N-methyl/N-ethyl adjacent to an activating group) is 1. The quantitative estimate of drug-likeness (QED) is 0.701. The first-order chi connectivity index (χ1) is 7.13. The summed E-state index contributed by atoms with van der Waals surface area (Å²) in [7, 11) is 2.05. The second-order valence-electron chi connectivity index (χ2n) is 4.70. The Labute approximate surface area is 89.3 Å². The highest BCUT2D eigenvalue weighted by atomic mass is 16.5. The van der Waals surface area contributed by atoms with Crippen molar-refractivity contribution in [2.24, 2.45) is 0 Å². The van der Waals surface area contributed by atoms with Crippen LogP contribution in [-0.2, 0) is 10.2 Å². The third-order valence-electron chi connectivity index (χ3n) is 3.77. The number of benzene rings is 1. The van der Waals surface area contributed by atoms with Crippen LogP contribution in [0.1, 0.15) is 18.9 Å². The monoisotopic (exact) mass is 205 g/mol. The van der Waals surface area contributed by atoms with Gasteiger partial charge >= 0.3 is 0 Å². The number of phenolic OH excluding ortho intramolecular Hbond substituents is 1. The van der Waals surface area contributed by atoms with Crippen molar-refractivity contribution in [1.82, 2.24) is 0 Å². The van der Waals surface area contributed by atoms with Crippen LogP contribution in [0.2, 0.25) is 0 Å². The lowest BCUT2D eigenvalue weighted by Crippen LogP contribution is -2.37. The molecule has 0 spiro atoms.